The standard InChI is InChI=1S/C17H21N3O/c1-11-5-7-15(12(2)9-11)19-16-8-6-13(10-14(16)18)17(21)20(3)4/h5-10,19H,18H2,1-4H3. The molecule has 0 spiro atoms. The highest BCUT2D eigenvalue weighted by Crippen LogP contribution is 2.26. The van der Waals surface area contributed by atoms with E-state index in [1.165, 1.54) is 10.5 Å². The van der Waals surface area contributed by atoms with E-state index >= 15 is 0 Å². The SMILES string of the molecule is Cc1ccc(Nc2ccc(C(=O)N(C)C)cc2N)c(C)c1. The molecular formula is C17H21N3O. The van der Waals surface area contributed by atoms with E-state index < -0.39 is 0 Å². The van der Waals surface area contributed by atoms with Crippen LogP contribution in [0.1, 0.15) is 21.5 Å². The molecule has 0 aromatic heterocycles. The number of carbonyl (C=O) groups excluding carboxylic acids is 1. The highest BCUT2D eigenvalue weighted by Gasteiger charge is 2.10. The summed E-state index contributed by atoms with van der Waals surface area (Å²) in [4.78, 5) is 13.4. The summed E-state index contributed by atoms with van der Waals surface area (Å²) in [6, 6.07) is 11.5. The molecule has 0 bridgehead atoms. The van der Waals surface area contributed by atoms with E-state index in [9.17, 15) is 4.79 Å². The summed E-state index contributed by atoms with van der Waals surface area (Å²) in [6.07, 6.45) is 0. The number of nitrogens with one attached hydrogen (secondary N) is 1. The molecule has 110 valence electrons. The van der Waals surface area contributed by atoms with Crippen LogP contribution in [0.15, 0.2) is 36.4 Å². The van der Waals surface area contributed by atoms with Crippen molar-refractivity contribution >= 4 is 23.0 Å². The van der Waals surface area contributed by atoms with Crippen molar-refractivity contribution < 1.29 is 4.79 Å². The molecule has 1 amide bonds. The maximum Gasteiger partial charge on any atom is 0.253 e. The Morgan fingerprint density at radius 3 is 2.29 bits per heavy atom. The van der Waals surface area contributed by atoms with E-state index in [2.05, 4.69) is 31.3 Å². The van der Waals surface area contributed by atoms with Gasteiger partial charge in [0.15, 0.2) is 0 Å². The van der Waals surface area contributed by atoms with E-state index in [0.29, 0.717) is 11.3 Å². The van der Waals surface area contributed by atoms with Gasteiger partial charge in [-0.05, 0) is 43.7 Å². The Bertz CT molecular complexity index is 678. The Morgan fingerprint density at radius 2 is 1.71 bits per heavy atom. The molecule has 0 saturated carbocycles. The normalized spacial score (nSPS) is 10.3. The number of hydrogen-bond donors (Lipinski definition) is 2. The van der Waals surface area contributed by atoms with Crippen molar-refractivity contribution in [3.8, 4) is 0 Å². The molecule has 0 saturated heterocycles. The number of nitrogens with two attached hydrogens (primary N) is 1. The van der Waals surface area contributed by atoms with Gasteiger partial charge in [-0.25, -0.2) is 0 Å². The lowest BCUT2D eigenvalue weighted by Gasteiger charge is -2.15. The summed E-state index contributed by atoms with van der Waals surface area (Å²) in [5.41, 5.74) is 11.4. The molecule has 3 N–H and O–H groups in total. The molecule has 21 heavy (non-hydrogen) atoms. The van der Waals surface area contributed by atoms with Crippen molar-refractivity contribution in [1.82, 2.24) is 4.90 Å². The first-order valence-electron chi connectivity index (χ1n) is 6.84. The predicted octanol–water partition coefficient (Wildman–Crippen LogP) is 3.33. The zero-order valence-corrected chi connectivity index (χ0v) is 12.9. The molecule has 0 radical (unpaired) electrons. The largest absolute Gasteiger partial charge is 0.397 e. The van der Waals surface area contributed by atoms with Crippen molar-refractivity contribution in [2.75, 3.05) is 25.1 Å². The van der Waals surface area contributed by atoms with Gasteiger partial charge in [-0.1, -0.05) is 17.7 Å². The highest BCUT2D eigenvalue weighted by molar-refractivity contribution is 5.96. The van der Waals surface area contributed by atoms with Crippen LogP contribution in [0.3, 0.4) is 0 Å². The van der Waals surface area contributed by atoms with Crippen LogP contribution < -0.4 is 11.1 Å². The first-order chi connectivity index (χ1) is 9.88. The number of hydrogen-bond acceptors (Lipinski definition) is 3. The minimum atomic E-state index is -0.0558. The first-order valence-corrected chi connectivity index (χ1v) is 6.84. The Morgan fingerprint density at radius 1 is 1.05 bits per heavy atom. The van der Waals surface area contributed by atoms with Gasteiger partial charge in [-0.2, -0.15) is 0 Å². The monoisotopic (exact) mass is 283 g/mol. The number of nitrogens with zero attached hydrogens (tertiary/aromatic N) is 1. The van der Waals surface area contributed by atoms with Crippen LogP contribution in [-0.4, -0.2) is 24.9 Å². The van der Waals surface area contributed by atoms with Crippen LogP contribution in [0.4, 0.5) is 17.1 Å². The fourth-order valence-corrected chi connectivity index (χ4v) is 2.17. The fraction of sp³-hybridized carbons (Fsp3) is 0.235. The lowest BCUT2D eigenvalue weighted by Crippen LogP contribution is -2.21. The molecule has 0 aliphatic carbocycles. The number of rotatable bonds is 3. The van der Waals surface area contributed by atoms with E-state index in [1.54, 1.807) is 26.2 Å². The molecule has 0 fully saturated rings. The Balaban J connectivity index is 2.27. The molecule has 2 aromatic rings. The summed E-state index contributed by atoms with van der Waals surface area (Å²) >= 11 is 0. The van der Waals surface area contributed by atoms with Gasteiger partial charge >= 0.3 is 0 Å². The second kappa shape index (κ2) is 5.87. The molecular weight excluding hydrogens is 262 g/mol. The lowest BCUT2D eigenvalue weighted by molar-refractivity contribution is 0.0827. The molecule has 4 heteroatoms. The molecule has 0 atom stereocenters. The van der Waals surface area contributed by atoms with Crippen molar-refractivity contribution in [3.05, 3.63) is 53.1 Å². The van der Waals surface area contributed by atoms with Gasteiger partial charge in [0.2, 0.25) is 0 Å². The van der Waals surface area contributed by atoms with Crippen LogP contribution in [0.2, 0.25) is 0 Å². The van der Waals surface area contributed by atoms with Gasteiger partial charge in [-0.3, -0.25) is 4.79 Å². The Kier molecular flexibility index (Phi) is 4.17. The summed E-state index contributed by atoms with van der Waals surface area (Å²) in [5, 5.41) is 3.31. The number of carbonyl (C=O) groups is 1. The Labute approximate surface area is 125 Å². The highest BCUT2D eigenvalue weighted by atomic mass is 16.2. The third-order valence-electron chi connectivity index (χ3n) is 3.36. The van der Waals surface area contributed by atoms with Gasteiger partial charge in [0.1, 0.15) is 0 Å². The number of anilines is 3. The number of benzene rings is 2. The van der Waals surface area contributed by atoms with Crippen molar-refractivity contribution in [1.29, 1.82) is 0 Å². The summed E-state index contributed by atoms with van der Waals surface area (Å²) < 4.78 is 0. The average Bonchev–Trinajstić information content (AvgIpc) is 2.42. The third kappa shape index (κ3) is 3.34. The Hall–Kier alpha value is -2.49. The van der Waals surface area contributed by atoms with Crippen LogP contribution >= 0.6 is 0 Å². The number of aryl methyl sites for hydroxylation is 2. The lowest BCUT2D eigenvalue weighted by atomic mass is 10.1. The maximum atomic E-state index is 11.9. The topological polar surface area (TPSA) is 58.4 Å². The van der Waals surface area contributed by atoms with Gasteiger partial charge < -0.3 is 16.0 Å². The van der Waals surface area contributed by atoms with E-state index in [1.807, 2.05) is 12.1 Å². The summed E-state index contributed by atoms with van der Waals surface area (Å²) in [6.45, 7) is 4.11. The molecule has 0 aliphatic rings. The minimum Gasteiger partial charge on any atom is -0.397 e. The zero-order valence-electron chi connectivity index (χ0n) is 12.9. The second-order valence-electron chi connectivity index (χ2n) is 5.44. The average molecular weight is 283 g/mol. The first kappa shape index (κ1) is 14.9. The minimum absolute atomic E-state index is 0.0558. The molecule has 0 heterocycles. The van der Waals surface area contributed by atoms with Gasteiger partial charge in [0.05, 0.1) is 11.4 Å². The van der Waals surface area contributed by atoms with Gasteiger partial charge in [0.25, 0.3) is 5.91 Å². The second-order valence-corrected chi connectivity index (χ2v) is 5.44. The quantitative estimate of drug-likeness (QED) is 0.849. The van der Waals surface area contributed by atoms with E-state index in [-0.39, 0.29) is 5.91 Å². The summed E-state index contributed by atoms with van der Waals surface area (Å²) in [5.74, 6) is -0.0558. The molecule has 0 unspecified atom stereocenters. The summed E-state index contributed by atoms with van der Waals surface area (Å²) in [7, 11) is 3.45. The van der Waals surface area contributed by atoms with E-state index in [0.717, 1.165) is 16.9 Å². The molecule has 4 nitrogen and oxygen atoms in total. The molecule has 2 aromatic carbocycles. The van der Waals surface area contributed by atoms with Crippen LogP contribution in [-0.2, 0) is 0 Å². The van der Waals surface area contributed by atoms with Crippen LogP contribution in [0.25, 0.3) is 0 Å². The maximum absolute atomic E-state index is 11.9. The fourth-order valence-electron chi connectivity index (χ4n) is 2.17. The van der Waals surface area contributed by atoms with E-state index in [4.69, 9.17) is 5.73 Å². The van der Waals surface area contributed by atoms with Crippen LogP contribution in [0, 0.1) is 13.8 Å². The molecule has 2 rings (SSSR count). The van der Waals surface area contributed by atoms with Crippen LogP contribution in [0.5, 0.6) is 0 Å². The van der Waals surface area contributed by atoms with Crippen molar-refractivity contribution in [2.45, 2.75) is 13.8 Å². The number of nitrogen functional groups attached to an aromatic ring is 1. The zero-order chi connectivity index (χ0) is 15.6. The van der Waals surface area contributed by atoms with Crippen molar-refractivity contribution in [2.24, 2.45) is 0 Å². The smallest absolute Gasteiger partial charge is 0.253 e. The number of amides is 1. The third-order valence-corrected chi connectivity index (χ3v) is 3.36. The van der Waals surface area contributed by atoms with Gasteiger partial charge in [0, 0.05) is 25.3 Å². The van der Waals surface area contributed by atoms with Gasteiger partial charge in [-0.15, -0.1) is 0 Å². The predicted molar refractivity (Wildman–Crippen MR) is 88.1 cm³/mol. The van der Waals surface area contributed by atoms with Crippen molar-refractivity contribution in [3.63, 3.8) is 0 Å². The molecule has 0 aliphatic heterocycles.